The first-order chi connectivity index (χ1) is 8.86. The molecule has 18 heavy (non-hydrogen) atoms. The van der Waals surface area contributed by atoms with Crippen molar-refractivity contribution in [3.05, 3.63) is 5.82 Å². The van der Waals surface area contributed by atoms with Crippen LogP contribution < -0.4 is 5.32 Å². The zero-order chi connectivity index (χ0) is 12.6. The molecule has 0 aliphatic carbocycles. The maximum absolute atomic E-state index is 11.4. The maximum atomic E-state index is 11.4. The topological polar surface area (TPSA) is 102 Å². The zero-order valence-corrected chi connectivity index (χ0v) is 10.1. The summed E-state index contributed by atoms with van der Waals surface area (Å²) in [6.07, 6.45) is 3.19. The second kappa shape index (κ2) is 7.02. The van der Waals surface area contributed by atoms with Gasteiger partial charge in [0, 0.05) is 19.8 Å². The van der Waals surface area contributed by atoms with Crippen LogP contribution in [0.4, 0.5) is 0 Å². The van der Waals surface area contributed by atoms with Crippen LogP contribution in [0.1, 0.15) is 29.9 Å². The molecule has 2 rings (SSSR count). The minimum atomic E-state index is -0.331. The van der Waals surface area contributed by atoms with Crippen LogP contribution in [0, 0.1) is 0 Å². The SMILES string of the molecule is O=C(NCCCOCC1CCCO1)c1nn[nH]n1. The summed E-state index contributed by atoms with van der Waals surface area (Å²) < 4.78 is 10.9. The van der Waals surface area contributed by atoms with Gasteiger partial charge in [-0.3, -0.25) is 4.79 Å². The van der Waals surface area contributed by atoms with Crippen LogP contribution in [0.5, 0.6) is 0 Å². The largest absolute Gasteiger partial charge is 0.379 e. The lowest BCUT2D eigenvalue weighted by Gasteiger charge is -2.09. The van der Waals surface area contributed by atoms with Gasteiger partial charge in [-0.2, -0.15) is 5.21 Å². The van der Waals surface area contributed by atoms with E-state index < -0.39 is 0 Å². The van der Waals surface area contributed by atoms with Crippen LogP contribution >= 0.6 is 0 Å². The van der Waals surface area contributed by atoms with Crippen LogP contribution in [0.25, 0.3) is 0 Å². The van der Waals surface area contributed by atoms with Gasteiger partial charge in [0.2, 0.25) is 0 Å². The van der Waals surface area contributed by atoms with Crippen LogP contribution in [0.15, 0.2) is 0 Å². The highest BCUT2D eigenvalue weighted by Crippen LogP contribution is 2.11. The summed E-state index contributed by atoms with van der Waals surface area (Å²) in [6.45, 7) is 2.61. The predicted octanol–water partition coefficient (Wildman–Crippen LogP) is -0.485. The molecule has 1 atom stereocenters. The lowest BCUT2D eigenvalue weighted by atomic mass is 10.2. The Bertz CT molecular complexity index is 350. The minimum absolute atomic E-state index is 0.0512. The van der Waals surface area contributed by atoms with Crippen molar-refractivity contribution in [3.8, 4) is 0 Å². The number of tetrazole rings is 1. The van der Waals surface area contributed by atoms with Gasteiger partial charge >= 0.3 is 0 Å². The van der Waals surface area contributed by atoms with Crippen LogP contribution in [-0.2, 0) is 9.47 Å². The first kappa shape index (κ1) is 12.9. The average molecular weight is 255 g/mol. The summed E-state index contributed by atoms with van der Waals surface area (Å²) in [6, 6.07) is 0. The minimum Gasteiger partial charge on any atom is -0.379 e. The number of carbonyl (C=O) groups is 1. The Morgan fingerprint density at radius 3 is 3.28 bits per heavy atom. The number of hydrogen-bond donors (Lipinski definition) is 2. The number of aromatic amines is 1. The van der Waals surface area contributed by atoms with Gasteiger partial charge in [-0.1, -0.05) is 0 Å². The highest BCUT2D eigenvalue weighted by atomic mass is 16.5. The fraction of sp³-hybridized carbons (Fsp3) is 0.800. The summed E-state index contributed by atoms with van der Waals surface area (Å²) in [4.78, 5) is 11.4. The van der Waals surface area contributed by atoms with Gasteiger partial charge in [-0.15, -0.1) is 10.2 Å². The second-order valence-electron chi connectivity index (χ2n) is 4.05. The molecule has 0 spiro atoms. The molecule has 1 fully saturated rings. The van der Waals surface area contributed by atoms with Crippen molar-refractivity contribution in [1.29, 1.82) is 0 Å². The molecule has 1 aromatic heterocycles. The van der Waals surface area contributed by atoms with E-state index in [0.29, 0.717) is 19.8 Å². The standard InChI is InChI=1S/C10H17N5O3/c16-10(9-12-14-15-13-9)11-4-2-5-17-7-8-3-1-6-18-8/h8H,1-7H2,(H,11,16)(H,12,13,14,15). The Morgan fingerprint density at radius 1 is 1.61 bits per heavy atom. The molecule has 1 aliphatic heterocycles. The monoisotopic (exact) mass is 255 g/mol. The summed E-state index contributed by atoms with van der Waals surface area (Å²) >= 11 is 0. The quantitative estimate of drug-likeness (QED) is 0.638. The third-order valence-electron chi connectivity index (χ3n) is 2.63. The molecule has 0 saturated carbocycles. The molecule has 0 aromatic carbocycles. The molecule has 2 N–H and O–H groups in total. The summed E-state index contributed by atoms with van der Waals surface area (Å²) in [5.74, 6) is -0.279. The van der Waals surface area contributed by atoms with Crippen molar-refractivity contribution in [1.82, 2.24) is 25.9 Å². The molecule has 1 aliphatic rings. The van der Waals surface area contributed by atoms with Crippen molar-refractivity contribution in [2.24, 2.45) is 0 Å². The summed E-state index contributed by atoms with van der Waals surface area (Å²) in [7, 11) is 0. The molecule has 1 unspecified atom stereocenters. The van der Waals surface area contributed by atoms with E-state index in [1.807, 2.05) is 0 Å². The molecule has 1 saturated heterocycles. The number of carbonyl (C=O) groups excluding carboxylic acids is 1. The number of aromatic nitrogens is 4. The van der Waals surface area contributed by atoms with E-state index in [4.69, 9.17) is 9.47 Å². The third-order valence-corrected chi connectivity index (χ3v) is 2.63. The molecule has 2 heterocycles. The van der Waals surface area contributed by atoms with Crippen LogP contribution in [0.2, 0.25) is 0 Å². The Hall–Kier alpha value is -1.54. The Morgan fingerprint density at radius 2 is 2.56 bits per heavy atom. The van der Waals surface area contributed by atoms with Crippen molar-refractivity contribution < 1.29 is 14.3 Å². The van der Waals surface area contributed by atoms with E-state index in [-0.39, 0.29) is 17.8 Å². The predicted molar refractivity (Wildman–Crippen MR) is 60.9 cm³/mol. The van der Waals surface area contributed by atoms with E-state index in [1.165, 1.54) is 0 Å². The molecule has 1 amide bonds. The highest BCUT2D eigenvalue weighted by Gasteiger charge is 2.15. The van der Waals surface area contributed by atoms with Gasteiger partial charge in [-0.05, 0) is 24.5 Å². The molecular formula is C10H17N5O3. The molecule has 0 radical (unpaired) electrons. The Balaban J connectivity index is 1.47. The third kappa shape index (κ3) is 4.04. The molecular weight excluding hydrogens is 238 g/mol. The fourth-order valence-corrected chi connectivity index (χ4v) is 1.70. The van der Waals surface area contributed by atoms with Gasteiger partial charge in [-0.25, -0.2) is 0 Å². The average Bonchev–Trinajstić information content (AvgIpc) is 3.05. The van der Waals surface area contributed by atoms with Crippen LogP contribution in [-0.4, -0.2) is 59.0 Å². The van der Waals surface area contributed by atoms with E-state index in [2.05, 4.69) is 25.9 Å². The van der Waals surface area contributed by atoms with Gasteiger partial charge in [0.25, 0.3) is 11.7 Å². The van der Waals surface area contributed by atoms with Crippen LogP contribution in [0.3, 0.4) is 0 Å². The number of nitrogens with zero attached hydrogens (tertiary/aromatic N) is 3. The molecule has 100 valence electrons. The number of ether oxygens (including phenoxy) is 2. The van der Waals surface area contributed by atoms with Crippen molar-refractivity contribution in [3.63, 3.8) is 0 Å². The zero-order valence-electron chi connectivity index (χ0n) is 10.1. The van der Waals surface area contributed by atoms with E-state index in [9.17, 15) is 4.79 Å². The van der Waals surface area contributed by atoms with E-state index in [0.717, 1.165) is 25.9 Å². The number of amides is 1. The normalized spacial score (nSPS) is 19.0. The first-order valence-corrected chi connectivity index (χ1v) is 6.07. The molecule has 0 bridgehead atoms. The number of rotatable bonds is 7. The van der Waals surface area contributed by atoms with Crippen molar-refractivity contribution in [2.45, 2.75) is 25.4 Å². The first-order valence-electron chi connectivity index (χ1n) is 6.07. The Kier molecular flexibility index (Phi) is 5.03. The van der Waals surface area contributed by atoms with Gasteiger partial charge in [0.15, 0.2) is 0 Å². The highest BCUT2D eigenvalue weighted by molar-refractivity contribution is 5.89. The lowest BCUT2D eigenvalue weighted by molar-refractivity contribution is 0.0166. The fourth-order valence-electron chi connectivity index (χ4n) is 1.70. The number of hydrogen-bond acceptors (Lipinski definition) is 6. The molecule has 8 nitrogen and oxygen atoms in total. The number of nitrogens with one attached hydrogen (secondary N) is 2. The maximum Gasteiger partial charge on any atom is 0.292 e. The second-order valence-corrected chi connectivity index (χ2v) is 4.05. The lowest BCUT2D eigenvalue weighted by Crippen LogP contribution is -2.26. The Labute approximate surface area is 104 Å². The van der Waals surface area contributed by atoms with Crippen molar-refractivity contribution >= 4 is 5.91 Å². The summed E-state index contributed by atoms with van der Waals surface area (Å²) in [5.41, 5.74) is 0. The number of H-pyrrole nitrogens is 1. The molecule has 8 heteroatoms. The summed E-state index contributed by atoms with van der Waals surface area (Å²) in [5, 5.41) is 15.4. The van der Waals surface area contributed by atoms with E-state index in [1.54, 1.807) is 0 Å². The smallest absolute Gasteiger partial charge is 0.292 e. The molecule has 1 aromatic rings. The van der Waals surface area contributed by atoms with E-state index >= 15 is 0 Å². The van der Waals surface area contributed by atoms with Gasteiger partial charge in [0.1, 0.15) is 0 Å². The van der Waals surface area contributed by atoms with Gasteiger partial charge in [0.05, 0.1) is 12.7 Å². The van der Waals surface area contributed by atoms with Crippen molar-refractivity contribution in [2.75, 3.05) is 26.4 Å². The van der Waals surface area contributed by atoms with Gasteiger partial charge < -0.3 is 14.8 Å².